The summed E-state index contributed by atoms with van der Waals surface area (Å²) < 4.78 is 5.79. The van der Waals surface area contributed by atoms with Gasteiger partial charge in [-0.15, -0.1) is 0 Å². The van der Waals surface area contributed by atoms with Crippen LogP contribution in [0.4, 0.5) is 0 Å². The molecule has 7 heteroatoms. The van der Waals surface area contributed by atoms with Crippen LogP contribution in [0.3, 0.4) is 0 Å². The number of fused-ring (bicyclic) bond motifs is 1. The van der Waals surface area contributed by atoms with Gasteiger partial charge >= 0.3 is 0 Å². The minimum Gasteiger partial charge on any atom is -0.453 e. The summed E-state index contributed by atoms with van der Waals surface area (Å²) in [4.78, 5) is 44.3. The van der Waals surface area contributed by atoms with Crippen LogP contribution < -0.4 is 5.32 Å². The molecular weight excluding hydrogens is 456 g/mol. The Morgan fingerprint density at radius 1 is 1.08 bits per heavy atom. The van der Waals surface area contributed by atoms with Gasteiger partial charge in [-0.3, -0.25) is 19.2 Å². The average Bonchev–Trinajstić information content (AvgIpc) is 3.31. The molecule has 1 heterocycles. The molecular formula is C29H36N2O5. The minimum atomic E-state index is -0.801. The molecule has 2 amide bonds. The van der Waals surface area contributed by atoms with Crippen LogP contribution in [0.2, 0.25) is 0 Å². The van der Waals surface area contributed by atoms with E-state index < -0.39 is 17.4 Å². The van der Waals surface area contributed by atoms with Crippen molar-refractivity contribution in [2.75, 3.05) is 6.54 Å². The van der Waals surface area contributed by atoms with Crippen LogP contribution in [0.25, 0.3) is 11.0 Å². The summed E-state index contributed by atoms with van der Waals surface area (Å²) in [6.07, 6.45) is 2.87. The van der Waals surface area contributed by atoms with E-state index in [1.165, 1.54) is 5.06 Å². The first-order chi connectivity index (χ1) is 17.2. The van der Waals surface area contributed by atoms with Gasteiger partial charge < -0.3 is 9.73 Å². The average molecular weight is 493 g/mol. The largest absolute Gasteiger partial charge is 0.453 e. The molecule has 0 fully saturated rings. The molecule has 36 heavy (non-hydrogen) atoms. The van der Waals surface area contributed by atoms with Gasteiger partial charge in [0.25, 0.3) is 0 Å². The maximum atomic E-state index is 13.5. The van der Waals surface area contributed by atoms with Gasteiger partial charge in [-0.1, -0.05) is 89.1 Å². The van der Waals surface area contributed by atoms with Crippen molar-refractivity contribution in [3.8, 4) is 0 Å². The molecule has 2 atom stereocenters. The summed E-state index contributed by atoms with van der Waals surface area (Å²) in [6.45, 7) is 8.07. The molecule has 0 spiro atoms. The lowest BCUT2D eigenvalue weighted by Crippen LogP contribution is -2.52. The van der Waals surface area contributed by atoms with Crippen LogP contribution in [0.5, 0.6) is 0 Å². The van der Waals surface area contributed by atoms with E-state index in [0.717, 1.165) is 23.8 Å². The zero-order valence-corrected chi connectivity index (χ0v) is 21.5. The van der Waals surface area contributed by atoms with Crippen LogP contribution in [0, 0.1) is 11.3 Å². The standard InChI is InChI=1S/C29H36N2O5/c1-5-6-14-23(18-31(20-32)35-19-21-12-8-7-9-13-21)28(34)30-27(29(2,3)4)26(33)25-17-22-15-10-11-16-24(22)36-25/h7-13,15-17,20,23,27H,5-6,14,18-19H2,1-4H3,(H,30,34)/t23-,27-/m1/s1. The maximum absolute atomic E-state index is 13.5. The summed E-state index contributed by atoms with van der Waals surface area (Å²) in [5, 5.41) is 4.96. The number of carbonyl (C=O) groups is 3. The molecule has 2 aromatic carbocycles. The monoisotopic (exact) mass is 492 g/mol. The van der Waals surface area contributed by atoms with Gasteiger partial charge in [0.2, 0.25) is 18.1 Å². The Kier molecular flexibility index (Phi) is 9.42. The fourth-order valence-corrected chi connectivity index (χ4v) is 4.01. The predicted molar refractivity (Wildman–Crippen MR) is 139 cm³/mol. The quantitative estimate of drug-likeness (QED) is 0.192. The Morgan fingerprint density at radius 3 is 2.42 bits per heavy atom. The van der Waals surface area contributed by atoms with Crippen molar-refractivity contribution in [3.63, 3.8) is 0 Å². The van der Waals surface area contributed by atoms with Crippen LogP contribution in [-0.4, -0.2) is 35.8 Å². The third kappa shape index (κ3) is 7.28. The second-order valence-electron chi connectivity index (χ2n) is 10.1. The summed E-state index contributed by atoms with van der Waals surface area (Å²) in [6, 6.07) is 17.8. The van der Waals surface area contributed by atoms with Crippen LogP contribution in [0.15, 0.2) is 65.1 Å². The molecule has 3 aromatic rings. The zero-order chi connectivity index (χ0) is 26.1. The SMILES string of the molecule is CCCC[C@H](CN(C=O)OCc1ccccc1)C(=O)N[C@H](C(=O)c1cc2ccccc2o1)C(C)(C)C. The molecule has 0 bridgehead atoms. The van der Waals surface area contributed by atoms with Gasteiger partial charge in [0.1, 0.15) is 18.2 Å². The number of amides is 2. The number of unbranched alkanes of at least 4 members (excludes halogenated alkanes) is 1. The highest BCUT2D eigenvalue weighted by Crippen LogP contribution is 2.27. The van der Waals surface area contributed by atoms with Gasteiger partial charge in [-0.25, -0.2) is 5.06 Å². The summed E-state index contributed by atoms with van der Waals surface area (Å²) in [5.41, 5.74) is 0.982. The van der Waals surface area contributed by atoms with Gasteiger partial charge in [0.15, 0.2) is 5.76 Å². The molecule has 1 aromatic heterocycles. The highest BCUT2D eigenvalue weighted by atomic mass is 16.7. The number of rotatable bonds is 13. The molecule has 0 radical (unpaired) electrons. The van der Waals surface area contributed by atoms with E-state index in [1.54, 1.807) is 12.1 Å². The first kappa shape index (κ1) is 27.1. The predicted octanol–water partition coefficient (Wildman–Crippen LogP) is 5.54. The summed E-state index contributed by atoms with van der Waals surface area (Å²) in [7, 11) is 0. The van der Waals surface area contributed by atoms with Crippen LogP contribution >= 0.6 is 0 Å². The number of para-hydroxylation sites is 1. The topological polar surface area (TPSA) is 88.9 Å². The fourth-order valence-electron chi connectivity index (χ4n) is 4.01. The van der Waals surface area contributed by atoms with E-state index in [2.05, 4.69) is 5.32 Å². The molecule has 0 aliphatic rings. The Labute approximate surface area is 212 Å². The fraction of sp³-hybridized carbons (Fsp3) is 0.414. The van der Waals surface area contributed by atoms with Crippen molar-refractivity contribution in [2.45, 2.75) is 59.6 Å². The summed E-state index contributed by atoms with van der Waals surface area (Å²) >= 11 is 0. The van der Waals surface area contributed by atoms with Crippen molar-refractivity contribution in [1.29, 1.82) is 0 Å². The number of benzene rings is 2. The number of nitrogens with one attached hydrogen (secondary N) is 1. The highest BCUT2D eigenvalue weighted by molar-refractivity contribution is 6.03. The minimum absolute atomic E-state index is 0.0951. The van der Waals surface area contributed by atoms with E-state index >= 15 is 0 Å². The molecule has 0 saturated carbocycles. The number of Topliss-reactive ketones (excluding diaryl/α,β-unsaturated/α-hetero) is 1. The molecule has 0 aliphatic heterocycles. The lowest BCUT2D eigenvalue weighted by Gasteiger charge is -2.32. The van der Waals surface area contributed by atoms with Crippen molar-refractivity contribution in [2.24, 2.45) is 11.3 Å². The van der Waals surface area contributed by atoms with E-state index in [4.69, 9.17) is 9.25 Å². The van der Waals surface area contributed by atoms with Gasteiger partial charge in [0, 0.05) is 5.39 Å². The van der Waals surface area contributed by atoms with Crippen LogP contribution in [0.1, 0.15) is 63.1 Å². The second kappa shape index (κ2) is 12.5. The Balaban J connectivity index is 1.74. The number of hydrogen-bond acceptors (Lipinski definition) is 5. The Morgan fingerprint density at radius 2 is 1.78 bits per heavy atom. The lowest BCUT2D eigenvalue weighted by atomic mass is 9.83. The number of hydroxylamine groups is 2. The van der Waals surface area contributed by atoms with E-state index in [0.29, 0.717) is 18.4 Å². The van der Waals surface area contributed by atoms with Gasteiger partial charge in [-0.2, -0.15) is 0 Å². The molecule has 0 saturated heterocycles. The molecule has 192 valence electrons. The van der Waals surface area contributed by atoms with E-state index in [1.807, 2.05) is 76.2 Å². The van der Waals surface area contributed by atoms with E-state index in [-0.39, 0.29) is 30.6 Å². The third-order valence-electron chi connectivity index (χ3n) is 6.12. The second-order valence-corrected chi connectivity index (χ2v) is 10.1. The van der Waals surface area contributed by atoms with Crippen molar-refractivity contribution in [1.82, 2.24) is 10.4 Å². The van der Waals surface area contributed by atoms with Crippen LogP contribution in [-0.2, 0) is 21.0 Å². The van der Waals surface area contributed by atoms with Gasteiger partial charge in [0.05, 0.1) is 12.5 Å². The van der Waals surface area contributed by atoms with Crippen molar-refractivity contribution in [3.05, 3.63) is 72.0 Å². The molecule has 7 nitrogen and oxygen atoms in total. The Bertz CT molecular complexity index is 1120. The highest BCUT2D eigenvalue weighted by Gasteiger charge is 2.36. The zero-order valence-electron chi connectivity index (χ0n) is 21.5. The normalized spacial score (nSPS) is 13.2. The molecule has 3 rings (SSSR count). The molecule has 0 unspecified atom stereocenters. The number of ketones is 1. The number of furan rings is 1. The number of hydrogen-bond donors (Lipinski definition) is 1. The Hall–Kier alpha value is -3.45. The van der Waals surface area contributed by atoms with E-state index in [9.17, 15) is 14.4 Å². The van der Waals surface area contributed by atoms with Crippen molar-refractivity contribution >= 4 is 29.1 Å². The lowest BCUT2D eigenvalue weighted by molar-refractivity contribution is -0.182. The smallest absolute Gasteiger partial charge is 0.233 e. The number of nitrogens with zero attached hydrogens (tertiary/aromatic N) is 1. The summed E-state index contributed by atoms with van der Waals surface area (Å²) in [5.74, 6) is -0.890. The maximum Gasteiger partial charge on any atom is 0.233 e. The molecule has 1 N–H and O–H groups in total. The molecule has 0 aliphatic carbocycles. The first-order valence-corrected chi connectivity index (χ1v) is 12.4. The number of carbonyl (C=O) groups excluding carboxylic acids is 3. The first-order valence-electron chi connectivity index (χ1n) is 12.4. The van der Waals surface area contributed by atoms with Crippen molar-refractivity contribution < 1.29 is 23.6 Å². The van der Waals surface area contributed by atoms with Gasteiger partial charge in [-0.05, 0) is 29.5 Å². The third-order valence-corrected chi connectivity index (χ3v) is 6.12.